The zero-order valence-electron chi connectivity index (χ0n) is 23.6. The first-order chi connectivity index (χ1) is 20.7. The van der Waals surface area contributed by atoms with Gasteiger partial charge in [0.1, 0.15) is 11.4 Å². The van der Waals surface area contributed by atoms with Crippen LogP contribution in [0.5, 0.6) is 5.75 Å². The molecule has 0 saturated carbocycles. The highest BCUT2D eigenvalue weighted by Crippen LogP contribution is 2.34. The summed E-state index contributed by atoms with van der Waals surface area (Å²) in [6.45, 7) is 0.943. The standard InChI is InChI=1S/C31H31N3O7S2/c1-40-18-16-22-12-14-26(30(20-22)41-2)25-10-6-7-11-27(25)31(35)33-43(38,39)24-13-15-28(29(21-24)34(36)37)32-17-19-42-23-8-4-3-5-9-23/h3-15,20-21,32H,16-19H2,1-2H3,(H,33,35). The number of nitro groups is 1. The number of thioether (sulfide) groups is 1. The quantitative estimate of drug-likeness (QED) is 0.0777. The van der Waals surface area contributed by atoms with Crippen LogP contribution >= 0.6 is 11.8 Å². The molecule has 4 aromatic carbocycles. The summed E-state index contributed by atoms with van der Waals surface area (Å²) in [5.41, 5.74) is 1.89. The fourth-order valence-electron chi connectivity index (χ4n) is 4.34. The number of anilines is 1. The van der Waals surface area contributed by atoms with Crippen molar-refractivity contribution in [3.63, 3.8) is 0 Å². The number of carbonyl (C=O) groups excluding carboxylic acids is 1. The lowest BCUT2D eigenvalue weighted by atomic mass is 9.97. The molecule has 224 valence electrons. The molecule has 0 heterocycles. The Morgan fingerprint density at radius 3 is 2.40 bits per heavy atom. The Kier molecular flexibility index (Phi) is 10.8. The van der Waals surface area contributed by atoms with E-state index >= 15 is 0 Å². The molecule has 0 radical (unpaired) electrons. The molecular weight excluding hydrogens is 590 g/mol. The number of ether oxygens (including phenoxy) is 2. The molecule has 0 saturated heterocycles. The van der Waals surface area contributed by atoms with Crippen molar-refractivity contribution in [1.82, 2.24) is 4.72 Å². The van der Waals surface area contributed by atoms with E-state index in [1.807, 2.05) is 42.5 Å². The number of nitrogens with zero attached hydrogens (tertiary/aromatic N) is 1. The van der Waals surface area contributed by atoms with Crippen molar-refractivity contribution in [1.29, 1.82) is 0 Å². The minimum atomic E-state index is -4.45. The second kappa shape index (κ2) is 14.7. The van der Waals surface area contributed by atoms with Crippen molar-refractivity contribution in [2.75, 3.05) is 38.4 Å². The van der Waals surface area contributed by atoms with Gasteiger partial charge in [0.05, 0.1) is 23.5 Å². The highest BCUT2D eigenvalue weighted by molar-refractivity contribution is 7.99. The fraction of sp³-hybridized carbons (Fsp3) is 0.194. The number of sulfonamides is 1. The van der Waals surface area contributed by atoms with Gasteiger partial charge in [-0.2, -0.15) is 0 Å². The molecule has 0 spiro atoms. The highest BCUT2D eigenvalue weighted by atomic mass is 32.2. The first-order valence-corrected chi connectivity index (χ1v) is 15.7. The summed E-state index contributed by atoms with van der Waals surface area (Å²) in [5.74, 6) is 0.263. The van der Waals surface area contributed by atoms with Crippen LogP contribution in [0.2, 0.25) is 0 Å². The van der Waals surface area contributed by atoms with E-state index in [-0.39, 0.29) is 11.3 Å². The molecule has 0 aliphatic carbocycles. The van der Waals surface area contributed by atoms with Crippen LogP contribution in [0, 0.1) is 10.1 Å². The van der Waals surface area contributed by atoms with Crippen molar-refractivity contribution in [2.24, 2.45) is 0 Å². The maximum Gasteiger partial charge on any atom is 0.293 e. The van der Waals surface area contributed by atoms with E-state index in [9.17, 15) is 23.3 Å². The van der Waals surface area contributed by atoms with Gasteiger partial charge in [-0.3, -0.25) is 14.9 Å². The minimum Gasteiger partial charge on any atom is -0.496 e. The number of hydrogen-bond donors (Lipinski definition) is 2. The van der Waals surface area contributed by atoms with Gasteiger partial charge < -0.3 is 14.8 Å². The number of rotatable bonds is 14. The molecule has 0 aromatic heterocycles. The average Bonchev–Trinajstić information content (AvgIpc) is 3.02. The minimum absolute atomic E-state index is 0.0951. The molecule has 1 amide bonds. The number of methoxy groups -OCH3 is 2. The highest BCUT2D eigenvalue weighted by Gasteiger charge is 2.25. The third kappa shape index (κ3) is 8.13. The first kappa shape index (κ1) is 31.5. The van der Waals surface area contributed by atoms with Gasteiger partial charge in [-0.1, -0.05) is 48.5 Å². The number of amides is 1. The molecule has 4 aromatic rings. The Labute approximate surface area is 254 Å². The normalized spacial score (nSPS) is 11.1. The molecule has 2 N–H and O–H groups in total. The largest absolute Gasteiger partial charge is 0.496 e. The molecule has 4 rings (SSSR count). The third-order valence-electron chi connectivity index (χ3n) is 6.46. The zero-order chi connectivity index (χ0) is 30.8. The number of nitrogens with one attached hydrogen (secondary N) is 2. The van der Waals surface area contributed by atoms with Crippen LogP contribution in [0.4, 0.5) is 11.4 Å². The van der Waals surface area contributed by atoms with Crippen LogP contribution in [0.1, 0.15) is 15.9 Å². The summed E-state index contributed by atoms with van der Waals surface area (Å²) >= 11 is 1.58. The predicted molar refractivity (Wildman–Crippen MR) is 167 cm³/mol. The molecule has 12 heteroatoms. The lowest BCUT2D eigenvalue weighted by Gasteiger charge is -2.15. The van der Waals surface area contributed by atoms with Crippen molar-refractivity contribution < 1.29 is 27.6 Å². The van der Waals surface area contributed by atoms with Gasteiger partial charge in [-0.25, -0.2) is 13.1 Å². The Morgan fingerprint density at radius 1 is 0.930 bits per heavy atom. The fourth-order valence-corrected chi connectivity index (χ4v) is 6.11. The van der Waals surface area contributed by atoms with E-state index in [4.69, 9.17) is 9.47 Å². The summed E-state index contributed by atoms with van der Waals surface area (Å²) in [7, 11) is -1.32. The molecule has 0 aliphatic heterocycles. The molecule has 0 fully saturated rings. The van der Waals surface area contributed by atoms with Crippen molar-refractivity contribution in [3.05, 3.63) is 112 Å². The lowest BCUT2D eigenvalue weighted by molar-refractivity contribution is -0.384. The number of carbonyl (C=O) groups is 1. The SMILES string of the molecule is COCCc1ccc(-c2ccccc2C(=O)NS(=O)(=O)c2ccc(NCCSc3ccccc3)c([N+](=O)[O-])c2)c(OC)c1. The smallest absolute Gasteiger partial charge is 0.293 e. The Balaban J connectivity index is 1.53. The Bertz CT molecular complexity index is 1700. The summed E-state index contributed by atoms with van der Waals surface area (Å²) < 4.78 is 39.2. The van der Waals surface area contributed by atoms with Crippen molar-refractivity contribution in [2.45, 2.75) is 16.2 Å². The molecule has 0 aliphatic rings. The van der Waals surface area contributed by atoms with Crippen LogP contribution in [-0.2, 0) is 21.2 Å². The van der Waals surface area contributed by atoms with E-state index in [1.54, 1.807) is 43.1 Å². The monoisotopic (exact) mass is 621 g/mol. The van der Waals surface area contributed by atoms with Gasteiger partial charge in [0, 0.05) is 41.5 Å². The molecule has 0 atom stereocenters. The Morgan fingerprint density at radius 2 is 1.67 bits per heavy atom. The lowest BCUT2D eigenvalue weighted by Crippen LogP contribution is -2.31. The van der Waals surface area contributed by atoms with Crippen LogP contribution in [0.25, 0.3) is 11.1 Å². The van der Waals surface area contributed by atoms with E-state index in [0.717, 1.165) is 16.5 Å². The molecular formula is C31H31N3O7S2. The van der Waals surface area contributed by atoms with E-state index in [2.05, 4.69) is 10.0 Å². The van der Waals surface area contributed by atoms with Gasteiger partial charge in [0.15, 0.2) is 0 Å². The van der Waals surface area contributed by atoms with Crippen molar-refractivity contribution >= 4 is 39.1 Å². The number of benzene rings is 4. The number of hydrogen-bond acceptors (Lipinski definition) is 9. The summed E-state index contributed by atoms with van der Waals surface area (Å²) in [6, 6.07) is 25.3. The third-order valence-corrected chi connectivity index (χ3v) is 8.80. The second-order valence-corrected chi connectivity index (χ2v) is 12.1. The van der Waals surface area contributed by atoms with Crippen LogP contribution < -0.4 is 14.8 Å². The van der Waals surface area contributed by atoms with Crippen molar-refractivity contribution in [3.8, 4) is 16.9 Å². The van der Waals surface area contributed by atoms with Gasteiger partial charge >= 0.3 is 0 Å². The van der Waals surface area contributed by atoms with Crippen LogP contribution in [-0.4, -0.2) is 52.4 Å². The van der Waals surface area contributed by atoms with E-state index < -0.39 is 31.4 Å². The summed E-state index contributed by atoms with van der Waals surface area (Å²) in [4.78, 5) is 25.1. The predicted octanol–water partition coefficient (Wildman–Crippen LogP) is 5.78. The molecule has 0 unspecified atom stereocenters. The summed E-state index contributed by atoms with van der Waals surface area (Å²) in [6.07, 6.45) is 0.667. The molecule has 43 heavy (non-hydrogen) atoms. The first-order valence-electron chi connectivity index (χ1n) is 13.3. The van der Waals surface area contributed by atoms with Gasteiger partial charge in [0.25, 0.3) is 21.6 Å². The van der Waals surface area contributed by atoms with E-state index in [0.29, 0.717) is 42.2 Å². The second-order valence-electron chi connectivity index (χ2n) is 9.28. The topological polar surface area (TPSA) is 137 Å². The van der Waals surface area contributed by atoms with Gasteiger partial charge in [-0.15, -0.1) is 11.8 Å². The average molecular weight is 622 g/mol. The number of nitro benzene ring substituents is 1. The molecule has 0 bridgehead atoms. The maximum atomic E-state index is 13.3. The van der Waals surface area contributed by atoms with Gasteiger partial charge in [-0.05, 0) is 53.9 Å². The Hall–Kier alpha value is -4.39. The van der Waals surface area contributed by atoms with E-state index in [1.165, 1.54) is 25.3 Å². The van der Waals surface area contributed by atoms with Gasteiger partial charge in [0.2, 0.25) is 0 Å². The summed E-state index contributed by atoms with van der Waals surface area (Å²) in [5, 5.41) is 14.8. The van der Waals surface area contributed by atoms with Crippen LogP contribution in [0.15, 0.2) is 101 Å². The molecule has 10 nitrogen and oxygen atoms in total. The maximum absolute atomic E-state index is 13.3. The zero-order valence-corrected chi connectivity index (χ0v) is 25.2. The van der Waals surface area contributed by atoms with Crippen LogP contribution in [0.3, 0.4) is 0 Å².